The molecule has 1 unspecified atom stereocenters. The summed E-state index contributed by atoms with van der Waals surface area (Å²) in [6.07, 6.45) is 0. The van der Waals surface area contributed by atoms with E-state index in [1.54, 1.807) is 72.8 Å². The van der Waals surface area contributed by atoms with Gasteiger partial charge in [-0.15, -0.1) is 0 Å². The smallest absolute Gasteiger partial charge is 0.300 e. The van der Waals surface area contributed by atoms with Crippen molar-refractivity contribution in [2.24, 2.45) is 0 Å². The maximum absolute atomic E-state index is 13.2. The molecule has 7 heteroatoms. The van der Waals surface area contributed by atoms with Gasteiger partial charge in [-0.3, -0.25) is 14.5 Å². The number of amides is 1. The third-order valence-electron chi connectivity index (χ3n) is 5.13. The first-order valence-corrected chi connectivity index (χ1v) is 10.7. The molecule has 1 heterocycles. The van der Waals surface area contributed by atoms with Crippen LogP contribution < -0.4 is 9.64 Å². The second-order valence-corrected chi connectivity index (χ2v) is 8.03. The van der Waals surface area contributed by atoms with Gasteiger partial charge in [-0.1, -0.05) is 47.5 Å². The first-order valence-electron chi connectivity index (χ1n) is 9.96. The fourth-order valence-corrected chi connectivity index (χ4v) is 4.06. The zero-order valence-electron chi connectivity index (χ0n) is 17.1. The molecule has 1 aliphatic heterocycles. The van der Waals surface area contributed by atoms with Crippen molar-refractivity contribution in [3.05, 3.63) is 99.5 Å². The van der Waals surface area contributed by atoms with Gasteiger partial charge in [0, 0.05) is 21.3 Å². The maximum atomic E-state index is 13.2. The lowest BCUT2D eigenvalue weighted by Crippen LogP contribution is -2.29. The average Bonchev–Trinajstić information content (AvgIpc) is 3.05. The molecule has 1 aliphatic rings. The van der Waals surface area contributed by atoms with Crippen molar-refractivity contribution >= 4 is 46.3 Å². The van der Waals surface area contributed by atoms with Crippen LogP contribution in [-0.4, -0.2) is 23.4 Å². The highest BCUT2D eigenvalue weighted by Gasteiger charge is 2.47. The van der Waals surface area contributed by atoms with Crippen LogP contribution in [0.25, 0.3) is 5.76 Å². The SMILES string of the molecule is CCOc1cccc(C2/C(=C(/O)c3cccc(Cl)c3)C(=O)C(=O)N2c2ccc(Cl)cc2)c1. The summed E-state index contributed by atoms with van der Waals surface area (Å²) in [6.45, 7) is 2.33. The molecule has 4 rings (SSSR count). The van der Waals surface area contributed by atoms with E-state index < -0.39 is 17.7 Å². The predicted molar refractivity (Wildman–Crippen MR) is 125 cm³/mol. The Morgan fingerprint density at radius 2 is 1.69 bits per heavy atom. The van der Waals surface area contributed by atoms with Crippen molar-refractivity contribution in [2.45, 2.75) is 13.0 Å². The summed E-state index contributed by atoms with van der Waals surface area (Å²) in [4.78, 5) is 27.7. The van der Waals surface area contributed by atoms with Crippen LogP contribution in [0.1, 0.15) is 24.1 Å². The molecule has 1 atom stereocenters. The van der Waals surface area contributed by atoms with Crippen molar-refractivity contribution in [2.75, 3.05) is 11.5 Å². The zero-order chi connectivity index (χ0) is 22.8. The van der Waals surface area contributed by atoms with Crippen molar-refractivity contribution in [1.29, 1.82) is 0 Å². The molecular weight excluding hydrogens is 449 g/mol. The fourth-order valence-electron chi connectivity index (χ4n) is 3.75. The van der Waals surface area contributed by atoms with Gasteiger partial charge in [-0.05, 0) is 61.0 Å². The highest BCUT2D eigenvalue weighted by molar-refractivity contribution is 6.51. The second kappa shape index (κ2) is 9.07. The van der Waals surface area contributed by atoms with Crippen LogP contribution in [0.3, 0.4) is 0 Å². The number of hydrogen-bond donors (Lipinski definition) is 1. The number of ether oxygens (including phenoxy) is 1. The number of nitrogens with zero attached hydrogens (tertiary/aromatic N) is 1. The Hall–Kier alpha value is -3.28. The molecule has 3 aromatic rings. The molecule has 0 bridgehead atoms. The predicted octanol–water partition coefficient (Wildman–Crippen LogP) is 6.02. The summed E-state index contributed by atoms with van der Waals surface area (Å²) in [5, 5.41) is 12.0. The molecule has 32 heavy (non-hydrogen) atoms. The number of Topliss-reactive ketones (excluding diaryl/α,β-unsaturated/α-hetero) is 1. The first-order chi connectivity index (χ1) is 15.4. The van der Waals surface area contributed by atoms with E-state index in [0.717, 1.165) is 0 Å². The topological polar surface area (TPSA) is 66.8 Å². The quantitative estimate of drug-likeness (QED) is 0.283. The molecule has 0 aliphatic carbocycles. The lowest BCUT2D eigenvalue weighted by molar-refractivity contribution is -0.132. The number of hydrogen-bond acceptors (Lipinski definition) is 4. The summed E-state index contributed by atoms with van der Waals surface area (Å²) in [6, 6.07) is 19.3. The number of carbonyl (C=O) groups excluding carboxylic acids is 2. The van der Waals surface area contributed by atoms with E-state index >= 15 is 0 Å². The van der Waals surface area contributed by atoms with E-state index in [9.17, 15) is 14.7 Å². The zero-order valence-corrected chi connectivity index (χ0v) is 18.6. The third-order valence-corrected chi connectivity index (χ3v) is 5.62. The molecular formula is C25H19Cl2NO4. The molecule has 1 saturated heterocycles. The van der Waals surface area contributed by atoms with Crippen molar-refractivity contribution < 1.29 is 19.4 Å². The molecule has 0 spiro atoms. The van der Waals surface area contributed by atoms with Crippen molar-refractivity contribution in [1.82, 2.24) is 0 Å². The van der Waals surface area contributed by atoms with Gasteiger partial charge in [-0.25, -0.2) is 0 Å². The van der Waals surface area contributed by atoms with Gasteiger partial charge >= 0.3 is 0 Å². The van der Waals surface area contributed by atoms with Gasteiger partial charge in [-0.2, -0.15) is 0 Å². The molecule has 1 N–H and O–H groups in total. The van der Waals surface area contributed by atoms with Crippen LogP contribution in [0.2, 0.25) is 10.0 Å². The van der Waals surface area contributed by atoms with Crippen LogP contribution in [0.5, 0.6) is 5.75 Å². The van der Waals surface area contributed by atoms with Gasteiger partial charge in [0.25, 0.3) is 11.7 Å². The number of benzene rings is 3. The third kappa shape index (κ3) is 4.09. The van der Waals surface area contributed by atoms with E-state index in [0.29, 0.717) is 39.2 Å². The van der Waals surface area contributed by atoms with Gasteiger partial charge < -0.3 is 9.84 Å². The van der Waals surface area contributed by atoms with Crippen LogP contribution in [0, 0.1) is 0 Å². The molecule has 1 amide bonds. The number of ketones is 1. The Morgan fingerprint density at radius 3 is 2.38 bits per heavy atom. The Bertz CT molecular complexity index is 1220. The van der Waals surface area contributed by atoms with E-state index in [-0.39, 0.29) is 11.3 Å². The second-order valence-electron chi connectivity index (χ2n) is 7.16. The van der Waals surface area contributed by atoms with Gasteiger partial charge in [0.1, 0.15) is 11.5 Å². The molecule has 162 valence electrons. The van der Waals surface area contributed by atoms with Gasteiger partial charge in [0.15, 0.2) is 0 Å². The lowest BCUT2D eigenvalue weighted by atomic mass is 9.95. The summed E-state index contributed by atoms with van der Waals surface area (Å²) in [5.74, 6) is -1.24. The Morgan fingerprint density at radius 1 is 0.969 bits per heavy atom. The normalized spacial score (nSPS) is 17.6. The van der Waals surface area contributed by atoms with Gasteiger partial charge in [0.05, 0.1) is 18.2 Å². The first kappa shape index (κ1) is 21.9. The van der Waals surface area contributed by atoms with E-state index in [4.69, 9.17) is 27.9 Å². The van der Waals surface area contributed by atoms with Crippen LogP contribution in [0.15, 0.2) is 78.4 Å². The molecule has 0 aromatic heterocycles. The highest BCUT2D eigenvalue weighted by Crippen LogP contribution is 2.43. The number of aliphatic hydroxyl groups excluding tert-OH is 1. The molecule has 0 radical (unpaired) electrons. The minimum atomic E-state index is -0.865. The molecule has 0 saturated carbocycles. The molecule has 5 nitrogen and oxygen atoms in total. The largest absolute Gasteiger partial charge is 0.507 e. The van der Waals surface area contributed by atoms with Gasteiger partial charge in [0.2, 0.25) is 0 Å². The summed E-state index contributed by atoms with van der Waals surface area (Å²) in [5.41, 5.74) is 1.42. The summed E-state index contributed by atoms with van der Waals surface area (Å²) < 4.78 is 5.61. The number of carbonyl (C=O) groups is 2. The molecule has 3 aromatic carbocycles. The van der Waals surface area contributed by atoms with Crippen molar-refractivity contribution in [3.8, 4) is 5.75 Å². The Balaban J connectivity index is 1.94. The van der Waals surface area contributed by atoms with Crippen LogP contribution in [-0.2, 0) is 9.59 Å². The number of aliphatic hydroxyl groups is 1. The monoisotopic (exact) mass is 467 g/mol. The van der Waals surface area contributed by atoms with Crippen molar-refractivity contribution in [3.63, 3.8) is 0 Å². The Kier molecular flexibility index (Phi) is 6.21. The lowest BCUT2D eigenvalue weighted by Gasteiger charge is -2.26. The van der Waals surface area contributed by atoms with E-state index in [2.05, 4.69) is 0 Å². The standard InChI is InChI=1S/C25H19Cl2NO4/c1-2-32-20-8-4-5-15(14-20)22-21(23(29)16-6-3-7-18(27)13-16)24(30)25(31)28(22)19-11-9-17(26)10-12-19/h3-14,22,29H,2H2,1H3/b23-21-. The molecule has 1 fully saturated rings. The minimum absolute atomic E-state index is 0.0270. The highest BCUT2D eigenvalue weighted by atomic mass is 35.5. The average molecular weight is 468 g/mol. The minimum Gasteiger partial charge on any atom is -0.507 e. The fraction of sp³-hybridized carbons (Fsp3) is 0.120. The number of rotatable bonds is 5. The Labute approximate surface area is 195 Å². The number of anilines is 1. The van der Waals surface area contributed by atoms with Crippen LogP contribution >= 0.6 is 23.2 Å². The number of halogens is 2. The van der Waals surface area contributed by atoms with E-state index in [1.165, 1.54) is 4.90 Å². The summed E-state index contributed by atoms with van der Waals surface area (Å²) >= 11 is 12.1. The van der Waals surface area contributed by atoms with Crippen LogP contribution in [0.4, 0.5) is 5.69 Å². The maximum Gasteiger partial charge on any atom is 0.300 e. The van der Waals surface area contributed by atoms with E-state index in [1.807, 2.05) is 6.92 Å². The summed E-state index contributed by atoms with van der Waals surface area (Å²) in [7, 11) is 0.